The SMILES string of the molecule is CCNC(=S)Nc1sc2c(c1C#N)CC[C@H](C)C2. The van der Waals surface area contributed by atoms with Gasteiger partial charge in [-0.25, -0.2) is 0 Å². The van der Waals surface area contributed by atoms with E-state index in [9.17, 15) is 5.26 Å². The molecule has 0 unspecified atom stereocenters. The zero-order valence-corrected chi connectivity index (χ0v) is 12.3. The molecule has 0 radical (unpaired) electrons. The van der Waals surface area contributed by atoms with Gasteiger partial charge in [-0.05, 0) is 49.9 Å². The number of nitrogens with one attached hydrogen (secondary N) is 2. The maximum atomic E-state index is 9.32. The van der Waals surface area contributed by atoms with E-state index in [1.165, 1.54) is 16.9 Å². The molecule has 0 spiro atoms. The van der Waals surface area contributed by atoms with Crippen molar-refractivity contribution in [1.29, 1.82) is 5.26 Å². The highest BCUT2D eigenvalue weighted by atomic mass is 32.1. The molecule has 3 nitrogen and oxygen atoms in total. The smallest absolute Gasteiger partial charge is 0.171 e. The zero-order valence-electron chi connectivity index (χ0n) is 10.7. The molecule has 0 fully saturated rings. The average Bonchev–Trinajstić information content (AvgIpc) is 2.65. The molecule has 0 aromatic carbocycles. The third-order valence-corrected chi connectivity index (χ3v) is 4.60. The molecule has 1 aliphatic rings. The largest absolute Gasteiger partial charge is 0.363 e. The van der Waals surface area contributed by atoms with Crippen LogP contribution in [-0.4, -0.2) is 11.7 Å². The lowest BCUT2D eigenvalue weighted by molar-refractivity contribution is 0.507. The summed E-state index contributed by atoms with van der Waals surface area (Å²) < 4.78 is 0. The maximum absolute atomic E-state index is 9.32. The van der Waals surface area contributed by atoms with Crippen LogP contribution in [0.2, 0.25) is 0 Å². The first kappa shape index (κ1) is 13.3. The molecule has 1 heterocycles. The Morgan fingerprint density at radius 2 is 2.39 bits per heavy atom. The molecule has 0 amide bonds. The quantitative estimate of drug-likeness (QED) is 0.817. The topological polar surface area (TPSA) is 47.8 Å². The highest BCUT2D eigenvalue weighted by Gasteiger charge is 2.24. The van der Waals surface area contributed by atoms with Crippen LogP contribution >= 0.6 is 23.6 Å². The van der Waals surface area contributed by atoms with Crippen LogP contribution in [0.4, 0.5) is 5.00 Å². The van der Waals surface area contributed by atoms with Gasteiger partial charge >= 0.3 is 0 Å². The molecular formula is C13H17N3S2. The van der Waals surface area contributed by atoms with E-state index in [4.69, 9.17) is 12.2 Å². The van der Waals surface area contributed by atoms with Gasteiger partial charge in [0.15, 0.2) is 5.11 Å². The van der Waals surface area contributed by atoms with Gasteiger partial charge in [-0.15, -0.1) is 11.3 Å². The van der Waals surface area contributed by atoms with Crippen molar-refractivity contribution in [3.63, 3.8) is 0 Å². The lowest BCUT2D eigenvalue weighted by Crippen LogP contribution is -2.27. The number of thiophene rings is 1. The number of thiocarbonyl (C=S) groups is 1. The Labute approximate surface area is 117 Å². The summed E-state index contributed by atoms with van der Waals surface area (Å²) >= 11 is 6.86. The van der Waals surface area contributed by atoms with E-state index in [2.05, 4.69) is 23.6 Å². The summed E-state index contributed by atoms with van der Waals surface area (Å²) in [7, 11) is 0. The number of fused-ring (bicyclic) bond motifs is 1. The van der Waals surface area contributed by atoms with Gasteiger partial charge < -0.3 is 10.6 Å². The van der Waals surface area contributed by atoms with Crippen LogP contribution in [0.1, 0.15) is 36.3 Å². The van der Waals surface area contributed by atoms with Crippen molar-refractivity contribution < 1.29 is 0 Å². The van der Waals surface area contributed by atoms with Crippen molar-refractivity contribution in [2.45, 2.75) is 33.1 Å². The lowest BCUT2D eigenvalue weighted by Gasteiger charge is -2.17. The van der Waals surface area contributed by atoms with Gasteiger partial charge in [-0.1, -0.05) is 6.92 Å². The first-order valence-corrected chi connectivity index (χ1v) is 7.47. The van der Waals surface area contributed by atoms with Gasteiger partial charge in [0.2, 0.25) is 0 Å². The summed E-state index contributed by atoms with van der Waals surface area (Å²) in [6, 6.07) is 2.33. The fraction of sp³-hybridized carbons (Fsp3) is 0.538. The summed E-state index contributed by atoms with van der Waals surface area (Å²) in [5.74, 6) is 0.719. The van der Waals surface area contributed by atoms with E-state index < -0.39 is 0 Å². The molecule has 0 saturated heterocycles. The average molecular weight is 279 g/mol. The van der Waals surface area contributed by atoms with Crippen LogP contribution in [0, 0.1) is 17.2 Å². The maximum Gasteiger partial charge on any atom is 0.171 e. The van der Waals surface area contributed by atoms with Gasteiger partial charge in [0, 0.05) is 11.4 Å². The van der Waals surface area contributed by atoms with E-state index >= 15 is 0 Å². The molecule has 2 N–H and O–H groups in total. The van der Waals surface area contributed by atoms with Crippen molar-refractivity contribution in [2.75, 3.05) is 11.9 Å². The molecule has 18 heavy (non-hydrogen) atoms. The van der Waals surface area contributed by atoms with Gasteiger partial charge in [0.1, 0.15) is 11.1 Å². The number of anilines is 1. The normalized spacial score (nSPS) is 17.7. The Balaban J connectivity index is 2.26. The first-order chi connectivity index (χ1) is 8.65. The second-order valence-electron chi connectivity index (χ2n) is 4.65. The Kier molecular flexibility index (Phi) is 4.20. The number of nitrogens with zero attached hydrogens (tertiary/aromatic N) is 1. The van der Waals surface area contributed by atoms with Gasteiger partial charge in [-0.2, -0.15) is 5.26 Å². The highest BCUT2D eigenvalue weighted by Crippen LogP contribution is 2.39. The third-order valence-electron chi connectivity index (χ3n) is 3.19. The molecule has 1 atom stereocenters. The summed E-state index contributed by atoms with van der Waals surface area (Å²) in [5.41, 5.74) is 2.03. The van der Waals surface area contributed by atoms with Gasteiger partial charge in [0.25, 0.3) is 0 Å². The summed E-state index contributed by atoms with van der Waals surface area (Å²) in [6.45, 7) is 5.06. The fourth-order valence-corrected chi connectivity index (χ4v) is 3.94. The van der Waals surface area contributed by atoms with Crippen molar-refractivity contribution in [3.8, 4) is 6.07 Å². The Hall–Kier alpha value is -1.12. The van der Waals surface area contributed by atoms with E-state index in [0.717, 1.165) is 35.9 Å². The van der Waals surface area contributed by atoms with E-state index in [-0.39, 0.29) is 0 Å². The van der Waals surface area contributed by atoms with E-state index in [1.807, 2.05) is 6.92 Å². The van der Waals surface area contributed by atoms with Gasteiger partial charge in [0.05, 0.1) is 5.56 Å². The molecule has 1 aliphatic carbocycles. The third kappa shape index (κ3) is 2.65. The van der Waals surface area contributed by atoms with Crippen molar-refractivity contribution in [1.82, 2.24) is 5.32 Å². The number of rotatable bonds is 2. The predicted octanol–water partition coefficient (Wildman–Crippen LogP) is 3.05. The van der Waals surface area contributed by atoms with Crippen LogP contribution in [-0.2, 0) is 12.8 Å². The van der Waals surface area contributed by atoms with E-state index in [1.54, 1.807) is 11.3 Å². The Morgan fingerprint density at radius 1 is 1.61 bits per heavy atom. The van der Waals surface area contributed by atoms with Crippen molar-refractivity contribution in [3.05, 3.63) is 16.0 Å². The van der Waals surface area contributed by atoms with Crippen LogP contribution in [0.25, 0.3) is 0 Å². The number of hydrogen-bond donors (Lipinski definition) is 2. The molecule has 2 rings (SSSR count). The van der Waals surface area contributed by atoms with Gasteiger partial charge in [-0.3, -0.25) is 0 Å². The second-order valence-corrected chi connectivity index (χ2v) is 6.17. The minimum absolute atomic E-state index is 0.598. The molecule has 0 bridgehead atoms. The Bertz CT molecular complexity index is 499. The van der Waals surface area contributed by atoms with Crippen molar-refractivity contribution in [2.24, 2.45) is 5.92 Å². The standard InChI is InChI=1S/C13H17N3S2/c1-3-15-13(17)16-12-10(7-14)9-5-4-8(2)6-11(9)18-12/h8H,3-6H2,1-2H3,(H2,15,16,17)/t8-/m0/s1. The number of nitriles is 1. The van der Waals surface area contributed by atoms with Crippen molar-refractivity contribution >= 4 is 33.7 Å². The predicted molar refractivity (Wildman–Crippen MR) is 80.1 cm³/mol. The molecular weight excluding hydrogens is 262 g/mol. The van der Waals surface area contributed by atoms with Crippen LogP contribution < -0.4 is 10.6 Å². The molecule has 0 aliphatic heterocycles. The molecule has 1 aromatic rings. The summed E-state index contributed by atoms with van der Waals surface area (Å²) in [6.07, 6.45) is 3.28. The summed E-state index contributed by atoms with van der Waals surface area (Å²) in [4.78, 5) is 1.35. The first-order valence-electron chi connectivity index (χ1n) is 6.25. The molecule has 96 valence electrons. The highest BCUT2D eigenvalue weighted by molar-refractivity contribution is 7.80. The monoisotopic (exact) mass is 279 g/mol. The zero-order chi connectivity index (χ0) is 13.1. The molecule has 1 aromatic heterocycles. The van der Waals surface area contributed by atoms with E-state index in [0.29, 0.717) is 5.11 Å². The van der Waals surface area contributed by atoms with Crippen LogP contribution in [0.5, 0.6) is 0 Å². The molecule has 5 heteroatoms. The fourth-order valence-electron chi connectivity index (χ4n) is 2.27. The Morgan fingerprint density at radius 3 is 3.06 bits per heavy atom. The number of hydrogen-bond acceptors (Lipinski definition) is 3. The minimum Gasteiger partial charge on any atom is -0.363 e. The summed E-state index contributed by atoms with van der Waals surface area (Å²) in [5, 5.41) is 17.0. The second kappa shape index (κ2) is 5.68. The lowest BCUT2D eigenvalue weighted by atomic mass is 9.89. The minimum atomic E-state index is 0.598. The molecule has 0 saturated carbocycles. The van der Waals surface area contributed by atoms with Crippen LogP contribution in [0.3, 0.4) is 0 Å². The van der Waals surface area contributed by atoms with Crippen LogP contribution in [0.15, 0.2) is 0 Å².